The van der Waals surface area contributed by atoms with Gasteiger partial charge in [0, 0.05) is 0 Å². The van der Waals surface area contributed by atoms with Gasteiger partial charge < -0.3 is 0 Å². The average Bonchev–Trinajstić information content (AvgIpc) is 2.54. The van der Waals surface area contributed by atoms with Crippen LogP contribution in [-0.4, -0.2) is 6.18 Å². The summed E-state index contributed by atoms with van der Waals surface area (Å²) in [5.74, 6) is 0. The Bertz CT molecular complexity index is 290. The highest BCUT2D eigenvalue weighted by molar-refractivity contribution is 5.36. The smallest absolute Gasteiger partial charge is 0.171 e. The number of alkyl halides is 3. The molecule has 1 aliphatic carbocycles. The van der Waals surface area contributed by atoms with E-state index in [1.807, 2.05) is 18.2 Å². The van der Waals surface area contributed by atoms with E-state index in [1.165, 1.54) is 6.08 Å². The van der Waals surface area contributed by atoms with Gasteiger partial charge in [0.15, 0.2) is 0 Å². The van der Waals surface area contributed by atoms with Gasteiger partial charge in [-0.25, -0.2) is 0 Å². The van der Waals surface area contributed by atoms with Crippen molar-refractivity contribution < 1.29 is 13.2 Å². The first-order valence-corrected chi connectivity index (χ1v) is 4.34. The van der Waals surface area contributed by atoms with Gasteiger partial charge in [-0.15, -0.1) is 0 Å². The van der Waals surface area contributed by atoms with Gasteiger partial charge in [-0.3, -0.25) is 0 Å². The van der Waals surface area contributed by atoms with Crippen molar-refractivity contribution in [3.05, 3.63) is 48.1 Å². The quantitative estimate of drug-likeness (QED) is 0.605. The molecule has 0 nitrogen and oxygen atoms in total. The molecule has 1 rings (SSSR count). The maximum absolute atomic E-state index is 11.7. The summed E-state index contributed by atoms with van der Waals surface area (Å²) in [5, 5.41) is 0. The van der Waals surface area contributed by atoms with Gasteiger partial charge in [-0.1, -0.05) is 42.5 Å². The molecule has 0 radical (unpaired) electrons. The van der Waals surface area contributed by atoms with E-state index in [2.05, 4.69) is 0 Å². The van der Waals surface area contributed by atoms with Gasteiger partial charge in [-0.05, 0) is 12.0 Å². The molecule has 0 atom stereocenters. The van der Waals surface area contributed by atoms with Crippen LogP contribution in [0.5, 0.6) is 0 Å². The van der Waals surface area contributed by atoms with Crippen molar-refractivity contribution >= 4 is 0 Å². The standard InChI is InChI=1S/C11H11F3/c12-11(13,14)9-5-1-2-6-10-7-3-4-8-10/h1-3,5-8H,4,9H2. The Morgan fingerprint density at radius 1 is 1.29 bits per heavy atom. The Morgan fingerprint density at radius 2 is 2.07 bits per heavy atom. The molecule has 0 saturated carbocycles. The number of rotatable bonds is 3. The van der Waals surface area contributed by atoms with Gasteiger partial charge in [0.05, 0.1) is 6.42 Å². The molecule has 0 heterocycles. The summed E-state index contributed by atoms with van der Waals surface area (Å²) in [6, 6.07) is 0. The second kappa shape index (κ2) is 4.84. The largest absolute Gasteiger partial charge is 0.392 e. The fourth-order valence-electron chi connectivity index (χ4n) is 1.05. The Kier molecular flexibility index (Phi) is 3.74. The van der Waals surface area contributed by atoms with E-state index < -0.39 is 12.6 Å². The van der Waals surface area contributed by atoms with Crippen molar-refractivity contribution in [1.82, 2.24) is 0 Å². The Balaban J connectivity index is 2.29. The van der Waals surface area contributed by atoms with Crippen molar-refractivity contribution in [2.75, 3.05) is 0 Å². The molecule has 0 aliphatic heterocycles. The fraction of sp³-hybridized carbons (Fsp3) is 0.273. The lowest BCUT2D eigenvalue weighted by molar-refractivity contribution is -0.125. The number of allylic oxidation sites excluding steroid dienone is 8. The van der Waals surface area contributed by atoms with Crippen molar-refractivity contribution in [2.45, 2.75) is 19.0 Å². The zero-order valence-corrected chi connectivity index (χ0v) is 7.59. The summed E-state index contributed by atoms with van der Waals surface area (Å²) >= 11 is 0. The Hall–Kier alpha value is -1.25. The maximum Gasteiger partial charge on any atom is 0.392 e. The first-order chi connectivity index (χ1) is 6.58. The molecule has 0 aromatic rings. The predicted octanol–water partition coefficient (Wildman–Crippen LogP) is 3.94. The molecule has 0 spiro atoms. The van der Waals surface area contributed by atoms with E-state index in [-0.39, 0.29) is 0 Å². The molecule has 3 heteroatoms. The predicted molar refractivity (Wildman–Crippen MR) is 50.8 cm³/mol. The van der Waals surface area contributed by atoms with Crippen LogP contribution in [-0.2, 0) is 0 Å². The molecule has 0 unspecified atom stereocenters. The minimum Gasteiger partial charge on any atom is -0.171 e. The second-order valence-corrected chi connectivity index (χ2v) is 2.95. The third-order valence-electron chi connectivity index (χ3n) is 1.69. The Morgan fingerprint density at radius 3 is 2.64 bits per heavy atom. The van der Waals surface area contributed by atoms with Crippen LogP contribution in [0.3, 0.4) is 0 Å². The first kappa shape index (κ1) is 10.8. The van der Waals surface area contributed by atoms with Gasteiger partial charge in [0.25, 0.3) is 0 Å². The average molecular weight is 200 g/mol. The molecular weight excluding hydrogens is 189 g/mol. The molecule has 76 valence electrons. The van der Waals surface area contributed by atoms with E-state index in [4.69, 9.17) is 0 Å². The number of halogens is 3. The van der Waals surface area contributed by atoms with Crippen LogP contribution >= 0.6 is 0 Å². The monoisotopic (exact) mass is 200 g/mol. The molecule has 0 saturated heterocycles. The van der Waals surface area contributed by atoms with Crippen LogP contribution in [0.15, 0.2) is 48.1 Å². The fourth-order valence-corrected chi connectivity index (χ4v) is 1.05. The summed E-state index contributed by atoms with van der Waals surface area (Å²) in [4.78, 5) is 0. The number of hydrogen-bond acceptors (Lipinski definition) is 0. The van der Waals surface area contributed by atoms with Crippen molar-refractivity contribution in [3.8, 4) is 0 Å². The van der Waals surface area contributed by atoms with E-state index >= 15 is 0 Å². The third-order valence-corrected chi connectivity index (χ3v) is 1.69. The second-order valence-electron chi connectivity index (χ2n) is 2.95. The first-order valence-electron chi connectivity index (χ1n) is 4.34. The van der Waals surface area contributed by atoms with E-state index in [0.717, 1.165) is 18.1 Å². The molecule has 0 N–H and O–H groups in total. The van der Waals surface area contributed by atoms with Crippen molar-refractivity contribution in [2.24, 2.45) is 0 Å². The van der Waals surface area contributed by atoms with Gasteiger partial charge >= 0.3 is 6.18 Å². The lowest BCUT2D eigenvalue weighted by atomic mass is 10.2. The Labute approximate surface area is 81.1 Å². The summed E-state index contributed by atoms with van der Waals surface area (Å²) in [7, 11) is 0. The van der Waals surface area contributed by atoms with E-state index in [9.17, 15) is 13.2 Å². The van der Waals surface area contributed by atoms with Crippen LogP contribution in [0.25, 0.3) is 0 Å². The highest BCUT2D eigenvalue weighted by Crippen LogP contribution is 2.19. The molecule has 0 fully saturated rings. The summed E-state index contributed by atoms with van der Waals surface area (Å²) in [6.07, 6.45) is 7.82. The molecule has 0 bridgehead atoms. The summed E-state index contributed by atoms with van der Waals surface area (Å²) in [5.41, 5.74) is 1.04. The van der Waals surface area contributed by atoms with Gasteiger partial charge in [0.2, 0.25) is 0 Å². The highest BCUT2D eigenvalue weighted by atomic mass is 19.4. The van der Waals surface area contributed by atoms with E-state index in [0.29, 0.717) is 0 Å². The molecule has 0 aromatic carbocycles. The lowest BCUT2D eigenvalue weighted by Gasteiger charge is -1.98. The molecular formula is C11H11F3. The lowest BCUT2D eigenvalue weighted by Crippen LogP contribution is -2.03. The van der Waals surface area contributed by atoms with Crippen molar-refractivity contribution in [3.63, 3.8) is 0 Å². The summed E-state index contributed by atoms with van der Waals surface area (Å²) < 4.78 is 35.1. The topological polar surface area (TPSA) is 0 Å². The highest BCUT2D eigenvalue weighted by Gasteiger charge is 2.24. The van der Waals surface area contributed by atoms with Gasteiger partial charge in [-0.2, -0.15) is 13.2 Å². The molecule has 1 aliphatic rings. The van der Waals surface area contributed by atoms with Crippen LogP contribution in [0, 0.1) is 0 Å². The zero-order valence-electron chi connectivity index (χ0n) is 7.59. The molecule has 14 heavy (non-hydrogen) atoms. The normalized spacial score (nSPS) is 17.2. The molecule has 0 amide bonds. The van der Waals surface area contributed by atoms with Crippen LogP contribution in [0.4, 0.5) is 13.2 Å². The number of hydrogen-bond donors (Lipinski definition) is 0. The van der Waals surface area contributed by atoms with Crippen molar-refractivity contribution in [1.29, 1.82) is 0 Å². The minimum absolute atomic E-state index is 0.869. The van der Waals surface area contributed by atoms with Crippen LogP contribution < -0.4 is 0 Å². The van der Waals surface area contributed by atoms with Crippen LogP contribution in [0.2, 0.25) is 0 Å². The van der Waals surface area contributed by atoms with E-state index in [1.54, 1.807) is 12.2 Å². The third kappa shape index (κ3) is 4.70. The SMILES string of the molecule is FC(F)(F)CC=CC=CC1=CCC=C1. The van der Waals surface area contributed by atoms with Crippen LogP contribution in [0.1, 0.15) is 12.8 Å². The molecule has 0 aromatic heterocycles. The maximum atomic E-state index is 11.7. The van der Waals surface area contributed by atoms with Gasteiger partial charge in [0.1, 0.15) is 0 Å². The summed E-state index contributed by atoms with van der Waals surface area (Å²) in [6.45, 7) is 0. The zero-order chi connectivity index (χ0) is 10.4. The minimum atomic E-state index is -4.10.